The number of rotatable bonds is 4. The molecule has 6 nitrogen and oxygen atoms in total. The molecule has 9 heteroatoms. The number of hydrogen-bond acceptors (Lipinski definition) is 5. The van der Waals surface area contributed by atoms with Gasteiger partial charge in [0.15, 0.2) is 0 Å². The van der Waals surface area contributed by atoms with Gasteiger partial charge in [0, 0.05) is 4.47 Å². The van der Waals surface area contributed by atoms with Gasteiger partial charge in [0.25, 0.3) is 5.89 Å². The van der Waals surface area contributed by atoms with Gasteiger partial charge in [0.05, 0.1) is 15.6 Å². The van der Waals surface area contributed by atoms with Crippen molar-refractivity contribution >= 4 is 50.5 Å². The first-order valence-electron chi connectivity index (χ1n) is 6.39. The lowest BCUT2D eigenvalue weighted by Crippen LogP contribution is -2.26. The van der Waals surface area contributed by atoms with Crippen LogP contribution in [-0.4, -0.2) is 15.7 Å². The highest BCUT2D eigenvalue weighted by atomic mass is 79.9. The van der Waals surface area contributed by atoms with E-state index in [1.165, 1.54) is 11.3 Å². The molecule has 0 aliphatic heterocycles. The Labute approximate surface area is 147 Å². The molecule has 0 radical (unpaired) electrons. The van der Waals surface area contributed by atoms with Crippen LogP contribution in [-0.2, 0) is 11.3 Å². The molecule has 0 aliphatic rings. The fourth-order valence-corrected chi connectivity index (χ4v) is 3.19. The van der Waals surface area contributed by atoms with Crippen molar-refractivity contribution in [2.75, 3.05) is 5.32 Å². The molecule has 23 heavy (non-hydrogen) atoms. The van der Waals surface area contributed by atoms with Crippen LogP contribution in [0.3, 0.4) is 0 Å². The van der Waals surface area contributed by atoms with Crippen LogP contribution in [0.1, 0.15) is 0 Å². The zero-order valence-corrected chi connectivity index (χ0v) is 14.6. The minimum Gasteiger partial charge on any atom is -0.387 e. The number of anilines is 1. The maximum atomic E-state index is 12.0. The highest BCUT2D eigenvalue weighted by Gasteiger charge is 2.14. The molecule has 0 spiro atoms. The van der Waals surface area contributed by atoms with Gasteiger partial charge in [-0.3, -0.25) is 4.79 Å². The average molecular weight is 415 g/mol. The third kappa shape index (κ3) is 3.72. The van der Waals surface area contributed by atoms with Crippen molar-refractivity contribution in [2.45, 2.75) is 6.54 Å². The van der Waals surface area contributed by atoms with Gasteiger partial charge >= 0.3 is 5.76 Å². The largest absolute Gasteiger partial charge is 0.437 e. The van der Waals surface area contributed by atoms with Gasteiger partial charge in [-0.1, -0.05) is 33.6 Å². The van der Waals surface area contributed by atoms with Crippen LogP contribution in [0.2, 0.25) is 5.02 Å². The lowest BCUT2D eigenvalue weighted by atomic mass is 10.3. The molecule has 0 saturated carbocycles. The summed E-state index contributed by atoms with van der Waals surface area (Å²) < 4.78 is 6.81. The van der Waals surface area contributed by atoms with Gasteiger partial charge in [-0.25, -0.2) is 4.79 Å². The number of carbonyl (C=O) groups excluding carboxylic acids is 1. The lowest BCUT2D eigenvalue weighted by Gasteiger charge is -2.06. The van der Waals surface area contributed by atoms with Crippen molar-refractivity contribution in [1.29, 1.82) is 0 Å². The highest BCUT2D eigenvalue weighted by molar-refractivity contribution is 9.10. The molecule has 0 fully saturated rings. The summed E-state index contributed by atoms with van der Waals surface area (Å²) in [6, 6.07) is 8.67. The van der Waals surface area contributed by atoms with Gasteiger partial charge in [0.2, 0.25) is 5.91 Å². The van der Waals surface area contributed by atoms with E-state index < -0.39 is 11.7 Å². The van der Waals surface area contributed by atoms with E-state index in [2.05, 4.69) is 26.3 Å². The Hall–Kier alpha value is -1.90. The number of halogens is 2. The minimum absolute atomic E-state index is 0.194. The molecule has 3 rings (SSSR count). The third-order valence-corrected chi connectivity index (χ3v) is 4.50. The average Bonchev–Trinajstić information content (AvgIpc) is 3.13. The SMILES string of the molecule is O=C(Cn1nc(-c2cccs2)oc1=O)Nc1ccc(Br)cc1Cl. The summed E-state index contributed by atoms with van der Waals surface area (Å²) in [5, 5.41) is 8.88. The van der Waals surface area contributed by atoms with Crippen LogP contribution >= 0.6 is 38.9 Å². The van der Waals surface area contributed by atoms with Crippen molar-refractivity contribution in [3.05, 3.63) is 55.8 Å². The van der Waals surface area contributed by atoms with Crippen molar-refractivity contribution in [3.8, 4) is 10.8 Å². The van der Waals surface area contributed by atoms with Gasteiger partial charge in [-0.2, -0.15) is 4.68 Å². The minimum atomic E-state index is -0.689. The number of carbonyl (C=O) groups is 1. The molecule has 0 atom stereocenters. The second-order valence-corrected chi connectivity index (χ2v) is 6.75. The van der Waals surface area contributed by atoms with Crippen molar-refractivity contribution in [3.63, 3.8) is 0 Å². The molecule has 1 N–H and O–H groups in total. The monoisotopic (exact) mass is 413 g/mol. The van der Waals surface area contributed by atoms with Gasteiger partial charge < -0.3 is 9.73 Å². The first kappa shape index (κ1) is 16.0. The Bertz CT molecular complexity index is 904. The van der Waals surface area contributed by atoms with Gasteiger partial charge in [-0.05, 0) is 29.6 Å². The molecule has 3 aromatic rings. The summed E-state index contributed by atoms with van der Waals surface area (Å²) in [4.78, 5) is 24.5. The van der Waals surface area contributed by atoms with Crippen LogP contribution < -0.4 is 11.1 Å². The number of nitrogens with one attached hydrogen (secondary N) is 1. The second-order valence-electron chi connectivity index (χ2n) is 4.48. The molecule has 0 unspecified atom stereocenters. The Kier molecular flexibility index (Phi) is 4.65. The second kappa shape index (κ2) is 6.69. The summed E-state index contributed by atoms with van der Waals surface area (Å²) in [7, 11) is 0. The summed E-state index contributed by atoms with van der Waals surface area (Å²) in [6.45, 7) is -0.264. The highest BCUT2D eigenvalue weighted by Crippen LogP contribution is 2.25. The summed E-state index contributed by atoms with van der Waals surface area (Å²) in [5.74, 6) is -0.924. The van der Waals surface area contributed by atoms with Gasteiger partial charge in [-0.15, -0.1) is 16.4 Å². The maximum Gasteiger partial charge on any atom is 0.437 e. The molecule has 2 heterocycles. The number of benzene rings is 1. The Morgan fingerprint density at radius 3 is 2.96 bits per heavy atom. The molecule has 1 aromatic carbocycles. The quantitative estimate of drug-likeness (QED) is 0.707. The summed E-state index contributed by atoms with van der Waals surface area (Å²) in [5.41, 5.74) is 0.454. The molecule has 0 saturated heterocycles. The van der Waals surface area contributed by atoms with E-state index >= 15 is 0 Å². The first-order valence-corrected chi connectivity index (χ1v) is 8.45. The van der Waals surface area contributed by atoms with E-state index in [-0.39, 0.29) is 12.4 Å². The number of aromatic nitrogens is 2. The zero-order chi connectivity index (χ0) is 16.4. The molecule has 1 amide bonds. The van der Waals surface area contributed by atoms with Crippen molar-refractivity contribution in [1.82, 2.24) is 9.78 Å². The normalized spacial score (nSPS) is 10.7. The predicted molar refractivity (Wildman–Crippen MR) is 91.9 cm³/mol. The van der Waals surface area contributed by atoms with Crippen LogP contribution in [0.4, 0.5) is 5.69 Å². The smallest absolute Gasteiger partial charge is 0.387 e. The summed E-state index contributed by atoms with van der Waals surface area (Å²) in [6.07, 6.45) is 0. The number of thiophene rings is 1. The van der Waals surface area contributed by atoms with Crippen LogP contribution in [0.25, 0.3) is 10.8 Å². The van der Waals surface area contributed by atoms with Gasteiger partial charge in [0.1, 0.15) is 6.54 Å². The molecule has 2 aromatic heterocycles. The Morgan fingerprint density at radius 1 is 1.43 bits per heavy atom. The van der Waals surface area contributed by atoms with Crippen LogP contribution in [0.5, 0.6) is 0 Å². The molecular weight excluding hydrogens is 406 g/mol. The van der Waals surface area contributed by atoms with Crippen LogP contribution in [0, 0.1) is 0 Å². The number of nitrogens with zero attached hydrogens (tertiary/aromatic N) is 2. The standard InChI is InChI=1S/C14H9BrClN3O3S/c15-8-3-4-10(9(16)6-8)17-12(20)7-19-14(21)22-13(18-19)11-2-1-5-23-11/h1-6H,7H2,(H,17,20). The third-order valence-electron chi connectivity index (χ3n) is 2.84. The van der Waals surface area contributed by atoms with E-state index in [1.807, 2.05) is 11.4 Å². The van der Waals surface area contributed by atoms with E-state index in [4.69, 9.17) is 16.0 Å². The van der Waals surface area contributed by atoms with E-state index in [0.29, 0.717) is 10.7 Å². The summed E-state index contributed by atoms with van der Waals surface area (Å²) >= 11 is 10.7. The molecule has 0 aliphatic carbocycles. The topological polar surface area (TPSA) is 77.1 Å². The van der Waals surface area contributed by atoms with E-state index in [1.54, 1.807) is 24.3 Å². The van der Waals surface area contributed by atoms with E-state index in [0.717, 1.165) is 14.0 Å². The Morgan fingerprint density at radius 2 is 2.26 bits per heavy atom. The fourth-order valence-electron chi connectivity index (χ4n) is 1.82. The lowest BCUT2D eigenvalue weighted by molar-refractivity contribution is -0.117. The molecule has 0 bridgehead atoms. The van der Waals surface area contributed by atoms with Crippen molar-refractivity contribution < 1.29 is 9.21 Å². The number of hydrogen-bond donors (Lipinski definition) is 1. The fraction of sp³-hybridized carbons (Fsp3) is 0.0714. The predicted octanol–water partition coefficient (Wildman–Crippen LogP) is 3.62. The Balaban J connectivity index is 1.74. The maximum absolute atomic E-state index is 12.0. The van der Waals surface area contributed by atoms with Crippen LogP contribution in [0.15, 0.2) is 49.4 Å². The first-order chi connectivity index (χ1) is 11.0. The molecule has 118 valence electrons. The van der Waals surface area contributed by atoms with E-state index in [9.17, 15) is 9.59 Å². The van der Waals surface area contributed by atoms with Crippen molar-refractivity contribution in [2.24, 2.45) is 0 Å². The zero-order valence-electron chi connectivity index (χ0n) is 11.5. The molecular formula is C14H9BrClN3O3S. The number of amides is 1.